The second kappa shape index (κ2) is 4.90. The second-order valence-electron chi connectivity index (χ2n) is 5.46. The van der Waals surface area contributed by atoms with Crippen molar-refractivity contribution in [1.29, 1.82) is 0 Å². The van der Waals surface area contributed by atoms with Crippen LogP contribution in [0.3, 0.4) is 0 Å². The summed E-state index contributed by atoms with van der Waals surface area (Å²) in [5.74, 6) is 0.786. The number of rotatable bonds is 1. The van der Waals surface area contributed by atoms with Gasteiger partial charge in [-0.3, -0.25) is 0 Å². The van der Waals surface area contributed by atoms with E-state index in [0.29, 0.717) is 6.42 Å². The van der Waals surface area contributed by atoms with Crippen molar-refractivity contribution >= 4 is 10.8 Å². The van der Waals surface area contributed by atoms with E-state index in [-0.39, 0.29) is 6.10 Å². The van der Waals surface area contributed by atoms with Crippen molar-refractivity contribution in [2.24, 2.45) is 0 Å². The smallest absolute Gasteiger partial charge is 0.127 e. The number of aliphatic hydroxyl groups excluding tert-OH is 1. The summed E-state index contributed by atoms with van der Waals surface area (Å²) in [6.45, 7) is 0. The molecular weight excluding hydrogens is 260 g/mol. The first-order valence-corrected chi connectivity index (χ1v) is 7.24. The summed E-state index contributed by atoms with van der Waals surface area (Å²) in [5, 5.41) is 12.8. The average Bonchev–Trinajstić information content (AvgIpc) is 2.54. The third kappa shape index (κ3) is 2.08. The van der Waals surface area contributed by atoms with Crippen LogP contribution in [0.2, 0.25) is 0 Å². The van der Waals surface area contributed by atoms with E-state index >= 15 is 0 Å². The summed E-state index contributed by atoms with van der Waals surface area (Å²) in [7, 11) is 0. The van der Waals surface area contributed by atoms with Gasteiger partial charge in [0.05, 0.1) is 6.10 Å². The Hall–Kier alpha value is -2.32. The molecule has 2 nitrogen and oxygen atoms in total. The standard InChI is InChI=1S/C19H16O2/c20-17-12-19(21-18-11-4-3-9-16(17)18)15-10-5-7-13-6-1-2-8-14(13)15/h1-11,17,19-20H,12H2/t17-,19?/m1/s1. The van der Waals surface area contributed by atoms with Gasteiger partial charge in [0, 0.05) is 17.5 Å². The minimum atomic E-state index is -0.473. The molecule has 0 amide bonds. The van der Waals surface area contributed by atoms with Crippen molar-refractivity contribution in [3.8, 4) is 5.75 Å². The molecule has 2 atom stereocenters. The molecule has 4 rings (SSSR count). The highest BCUT2D eigenvalue weighted by molar-refractivity contribution is 5.86. The van der Waals surface area contributed by atoms with E-state index in [0.717, 1.165) is 16.9 Å². The van der Waals surface area contributed by atoms with Crippen LogP contribution in [0.25, 0.3) is 10.8 Å². The highest BCUT2D eigenvalue weighted by Gasteiger charge is 2.28. The molecule has 21 heavy (non-hydrogen) atoms. The molecule has 1 aliphatic rings. The SMILES string of the molecule is O[C@@H]1CC(c2cccc3ccccc23)Oc2ccccc21. The molecule has 1 unspecified atom stereocenters. The van der Waals surface area contributed by atoms with Gasteiger partial charge >= 0.3 is 0 Å². The molecule has 0 bridgehead atoms. The molecule has 1 N–H and O–H groups in total. The fourth-order valence-corrected chi connectivity index (χ4v) is 3.12. The van der Waals surface area contributed by atoms with Crippen LogP contribution in [-0.4, -0.2) is 5.11 Å². The van der Waals surface area contributed by atoms with E-state index < -0.39 is 6.10 Å². The van der Waals surface area contributed by atoms with Gasteiger partial charge in [0.15, 0.2) is 0 Å². The van der Waals surface area contributed by atoms with Gasteiger partial charge in [-0.25, -0.2) is 0 Å². The van der Waals surface area contributed by atoms with Crippen LogP contribution in [0.15, 0.2) is 66.7 Å². The second-order valence-corrected chi connectivity index (χ2v) is 5.46. The highest BCUT2D eigenvalue weighted by Crippen LogP contribution is 2.42. The Morgan fingerprint density at radius 3 is 2.48 bits per heavy atom. The number of aliphatic hydroxyl groups is 1. The summed E-state index contributed by atoms with van der Waals surface area (Å²) in [4.78, 5) is 0. The molecule has 0 spiro atoms. The summed E-state index contributed by atoms with van der Waals surface area (Å²) in [5.41, 5.74) is 2.02. The molecule has 3 aromatic carbocycles. The monoisotopic (exact) mass is 276 g/mol. The molecule has 1 heterocycles. The largest absolute Gasteiger partial charge is 0.485 e. The van der Waals surface area contributed by atoms with Crippen LogP contribution in [-0.2, 0) is 0 Å². The molecule has 104 valence electrons. The van der Waals surface area contributed by atoms with Gasteiger partial charge in [-0.2, -0.15) is 0 Å². The van der Waals surface area contributed by atoms with Gasteiger partial charge in [0.25, 0.3) is 0 Å². The van der Waals surface area contributed by atoms with Crippen molar-refractivity contribution in [3.05, 3.63) is 77.9 Å². The zero-order valence-electron chi connectivity index (χ0n) is 11.6. The van der Waals surface area contributed by atoms with Crippen LogP contribution in [0.4, 0.5) is 0 Å². The number of fused-ring (bicyclic) bond motifs is 2. The van der Waals surface area contributed by atoms with Crippen LogP contribution >= 0.6 is 0 Å². The molecule has 0 saturated heterocycles. The number of ether oxygens (including phenoxy) is 1. The van der Waals surface area contributed by atoms with Crippen LogP contribution < -0.4 is 4.74 Å². The van der Waals surface area contributed by atoms with Crippen molar-refractivity contribution < 1.29 is 9.84 Å². The lowest BCUT2D eigenvalue weighted by molar-refractivity contribution is 0.0664. The Kier molecular flexibility index (Phi) is 2.90. The number of hydrogen-bond acceptors (Lipinski definition) is 2. The Balaban J connectivity index is 1.81. The summed E-state index contributed by atoms with van der Waals surface area (Å²) in [6, 6.07) is 22.3. The maximum absolute atomic E-state index is 10.4. The molecular formula is C19H16O2. The fourth-order valence-electron chi connectivity index (χ4n) is 3.12. The minimum Gasteiger partial charge on any atom is -0.485 e. The maximum atomic E-state index is 10.4. The van der Waals surface area contributed by atoms with Crippen molar-refractivity contribution in [2.45, 2.75) is 18.6 Å². The van der Waals surface area contributed by atoms with Gasteiger partial charge in [-0.1, -0.05) is 60.7 Å². The lowest BCUT2D eigenvalue weighted by atomic mass is 9.92. The lowest BCUT2D eigenvalue weighted by Crippen LogP contribution is -2.19. The van der Waals surface area contributed by atoms with Crippen LogP contribution in [0.5, 0.6) is 5.75 Å². The molecule has 2 heteroatoms. The normalized spacial score (nSPS) is 20.8. The zero-order chi connectivity index (χ0) is 14.2. The zero-order valence-corrected chi connectivity index (χ0v) is 11.6. The molecule has 0 aliphatic carbocycles. The van der Waals surface area contributed by atoms with Gasteiger partial charge in [-0.15, -0.1) is 0 Å². The highest BCUT2D eigenvalue weighted by atomic mass is 16.5. The third-order valence-corrected chi connectivity index (χ3v) is 4.15. The summed E-state index contributed by atoms with van der Waals surface area (Å²) in [6.07, 6.45) is 0.00491. The van der Waals surface area contributed by atoms with E-state index in [1.165, 1.54) is 10.8 Å². The number of benzene rings is 3. The molecule has 0 radical (unpaired) electrons. The van der Waals surface area contributed by atoms with Gasteiger partial charge in [-0.05, 0) is 16.8 Å². The Morgan fingerprint density at radius 1 is 0.810 bits per heavy atom. The molecule has 0 saturated carbocycles. The first kappa shape index (κ1) is 12.4. The van der Waals surface area contributed by atoms with Crippen molar-refractivity contribution in [3.63, 3.8) is 0 Å². The lowest BCUT2D eigenvalue weighted by Gasteiger charge is -2.30. The third-order valence-electron chi connectivity index (χ3n) is 4.15. The topological polar surface area (TPSA) is 29.5 Å². The first-order chi connectivity index (χ1) is 10.3. The van der Waals surface area contributed by atoms with Crippen LogP contribution in [0, 0.1) is 0 Å². The maximum Gasteiger partial charge on any atom is 0.127 e. The van der Waals surface area contributed by atoms with Gasteiger partial charge in [0.2, 0.25) is 0 Å². The Bertz CT molecular complexity index is 789. The van der Waals surface area contributed by atoms with Crippen molar-refractivity contribution in [2.75, 3.05) is 0 Å². The van der Waals surface area contributed by atoms with Crippen molar-refractivity contribution in [1.82, 2.24) is 0 Å². The summed E-state index contributed by atoms with van der Waals surface area (Å²) < 4.78 is 6.14. The summed E-state index contributed by atoms with van der Waals surface area (Å²) >= 11 is 0. The van der Waals surface area contributed by atoms with Gasteiger partial charge < -0.3 is 9.84 Å². The fraction of sp³-hybridized carbons (Fsp3) is 0.158. The quantitative estimate of drug-likeness (QED) is 0.714. The van der Waals surface area contributed by atoms with E-state index in [4.69, 9.17) is 4.74 Å². The van der Waals surface area contributed by atoms with Gasteiger partial charge in [0.1, 0.15) is 11.9 Å². The predicted molar refractivity (Wildman–Crippen MR) is 83.3 cm³/mol. The molecule has 0 aromatic heterocycles. The Labute approximate surface area is 123 Å². The molecule has 3 aromatic rings. The predicted octanol–water partition coefficient (Wildman–Crippen LogP) is 4.40. The van der Waals surface area contributed by atoms with E-state index in [9.17, 15) is 5.11 Å². The Morgan fingerprint density at radius 2 is 1.52 bits per heavy atom. The van der Waals surface area contributed by atoms with E-state index in [1.807, 2.05) is 42.5 Å². The first-order valence-electron chi connectivity index (χ1n) is 7.24. The minimum absolute atomic E-state index is 0.110. The van der Waals surface area contributed by atoms with Crippen LogP contribution in [0.1, 0.15) is 29.8 Å². The number of hydrogen-bond donors (Lipinski definition) is 1. The molecule has 1 aliphatic heterocycles. The average molecular weight is 276 g/mol. The molecule has 0 fully saturated rings. The number of para-hydroxylation sites is 1. The van der Waals surface area contributed by atoms with E-state index in [2.05, 4.69) is 24.3 Å². The van der Waals surface area contributed by atoms with E-state index in [1.54, 1.807) is 0 Å².